The molecule has 11 aromatic carbocycles. The zero-order valence-electron chi connectivity index (χ0n) is 38.9. The molecule has 0 saturated carbocycles. The molecular weight excluding hydrogens is 875 g/mol. The van der Waals surface area contributed by atoms with E-state index < -0.39 is 0 Å². The minimum atomic E-state index is 0.850. The topological polar surface area (TPSA) is 32.1 Å². The molecule has 1 aliphatic rings. The number of benzene rings is 11. The Morgan fingerprint density at radius 3 is 1.28 bits per heavy atom. The minimum absolute atomic E-state index is 0.850. The van der Waals surface area contributed by atoms with Crippen molar-refractivity contribution in [2.45, 2.75) is 0 Å². The van der Waals surface area contributed by atoms with E-state index in [-0.39, 0.29) is 0 Å². The molecule has 15 aromatic rings. The fourth-order valence-corrected chi connectivity index (χ4v) is 12.4. The van der Waals surface area contributed by atoms with Gasteiger partial charge in [0.2, 0.25) is 5.78 Å². The summed E-state index contributed by atoms with van der Waals surface area (Å²) in [6, 6.07) is 91.4. The van der Waals surface area contributed by atoms with Crippen LogP contribution >= 0.6 is 0 Å². The van der Waals surface area contributed by atoms with Crippen LogP contribution in [-0.2, 0) is 0 Å². The second-order valence-electron chi connectivity index (χ2n) is 19.0. The third kappa shape index (κ3) is 5.34. The summed E-state index contributed by atoms with van der Waals surface area (Å²) >= 11 is 0. The van der Waals surface area contributed by atoms with E-state index in [1.165, 1.54) is 82.6 Å². The van der Waals surface area contributed by atoms with Crippen LogP contribution in [0.25, 0.3) is 144 Å². The van der Waals surface area contributed by atoms with Crippen LogP contribution in [0.4, 0.5) is 0 Å². The van der Waals surface area contributed by atoms with Gasteiger partial charge in [0.1, 0.15) is 0 Å². The summed E-state index contributed by atoms with van der Waals surface area (Å²) in [7, 11) is 0. The Hall–Kier alpha value is -9.71. The first-order valence-corrected chi connectivity index (χ1v) is 24.7. The van der Waals surface area contributed by atoms with Crippen molar-refractivity contribution >= 4 is 71.5 Å². The molecular formula is C67H41N5. The normalized spacial score (nSPS) is 12.2. The van der Waals surface area contributed by atoms with Gasteiger partial charge in [0, 0.05) is 43.9 Å². The van der Waals surface area contributed by atoms with Crippen LogP contribution < -0.4 is 0 Å². The van der Waals surface area contributed by atoms with Gasteiger partial charge in [-0.1, -0.05) is 188 Å². The van der Waals surface area contributed by atoms with E-state index >= 15 is 0 Å². The van der Waals surface area contributed by atoms with Crippen molar-refractivity contribution in [3.63, 3.8) is 0 Å². The summed E-state index contributed by atoms with van der Waals surface area (Å²) in [6.45, 7) is 0. The highest BCUT2D eigenvalue weighted by atomic mass is 15.2. The van der Waals surface area contributed by atoms with Crippen LogP contribution in [0.2, 0.25) is 0 Å². The van der Waals surface area contributed by atoms with Gasteiger partial charge in [0.05, 0.1) is 55.5 Å². The molecule has 0 radical (unpaired) electrons. The molecule has 0 fully saturated rings. The van der Waals surface area contributed by atoms with Gasteiger partial charge in [0.25, 0.3) is 0 Å². The van der Waals surface area contributed by atoms with Gasteiger partial charge in [-0.3, -0.25) is 8.97 Å². The Morgan fingerprint density at radius 2 is 0.694 bits per heavy atom. The van der Waals surface area contributed by atoms with Crippen LogP contribution in [0.3, 0.4) is 0 Å². The SMILES string of the molecule is c1ccc2c(c1)-c1ccccc1-c1ccc(-c3ccccc3-n3c4ccccc4c4ccccc43)c(-n3c4ccc(-n5c6ccccc6c6ccccc65)cc4n4c5ccccc5nc34)c1-c1ccccc1-2. The van der Waals surface area contributed by atoms with Crippen LogP contribution in [0, 0.1) is 0 Å². The van der Waals surface area contributed by atoms with Crippen molar-refractivity contribution in [2.24, 2.45) is 0 Å². The highest BCUT2D eigenvalue weighted by molar-refractivity contribution is 6.13. The second-order valence-corrected chi connectivity index (χ2v) is 19.0. The molecule has 5 heteroatoms. The van der Waals surface area contributed by atoms with Crippen molar-refractivity contribution in [3.8, 4) is 72.7 Å². The molecule has 4 aromatic heterocycles. The first kappa shape index (κ1) is 39.2. The van der Waals surface area contributed by atoms with Crippen molar-refractivity contribution in [3.05, 3.63) is 249 Å². The average Bonchev–Trinajstić information content (AvgIpc) is 4.18. The number of nitrogens with zero attached hydrogens (tertiary/aromatic N) is 5. The van der Waals surface area contributed by atoms with E-state index in [0.29, 0.717) is 0 Å². The van der Waals surface area contributed by atoms with Gasteiger partial charge in [-0.05, 0) is 99.6 Å². The molecule has 334 valence electrons. The van der Waals surface area contributed by atoms with E-state index in [1.54, 1.807) is 0 Å². The molecule has 0 N–H and O–H groups in total. The molecule has 16 rings (SSSR count). The summed E-state index contributed by atoms with van der Waals surface area (Å²) in [5.74, 6) is 0.850. The van der Waals surface area contributed by atoms with Crippen molar-refractivity contribution in [2.75, 3.05) is 0 Å². The number of hydrogen-bond acceptors (Lipinski definition) is 1. The molecule has 0 bridgehead atoms. The smallest absolute Gasteiger partial charge is 0.220 e. The highest BCUT2D eigenvalue weighted by Gasteiger charge is 2.30. The van der Waals surface area contributed by atoms with Gasteiger partial charge in [-0.15, -0.1) is 0 Å². The summed E-state index contributed by atoms with van der Waals surface area (Å²) in [5.41, 5.74) is 23.8. The fraction of sp³-hybridized carbons (Fsp3) is 0. The van der Waals surface area contributed by atoms with Gasteiger partial charge >= 0.3 is 0 Å². The zero-order chi connectivity index (χ0) is 47.0. The van der Waals surface area contributed by atoms with Gasteiger partial charge < -0.3 is 9.13 Å². The fourth-order valence-electron chi connectivity index (χ4n) is 12.4. The van der Waals surface area contributed by atoms with E-state index in [4.69, 9.17) is 4.98 Å². The number of aromatic nitrogens is 5. The predicted molar refractivity (Wildman–Crippen MR) is 299 cm³/mol. The summed E-state index contributed by atoms with van der Waals surface area (Å²) in [4.78, 5) is 5.65. The largest absolute Gasteiger partial charge is 0.309 e. The molecule has 4 heterocycles. The average molecular weight is 916 g/mol. The van der Waals surface area contributed by atoms with Crippen LogP contribution in [0.5, 0.6) is 0 Å². The van der Waals surface area contributed by atoms with Crippen LogP contribution in [-0.4, -0.2) is 23.1 Å². The quantitative estimate of drug-likeness (QED) is 0.173. The van der Waals surface area contributed by atoms with Crippen molar-refractivity contribution < 1.29 is 0 Å². The van der Waals surface area contributed by atoms with E-state index in [2.05, 4.69) is 267 Å². The maximum Gasteiger partial charge on any atom is 0.220 e. The zero-order valence-corrected chi connectivity index (χ0v) is 38.9. The molecule has 0 aliphatic heterocycles. The third-order valence-corrected chi connectivity index (χ3v) is 15.4. The molecule has 5 nitrogen and oxygen atoms in total. The standard InChI is InChI=1S/C67H41N5/c1-2-20-44-43(19-1)45-21-3-4-23-47(45)54-38-39-55(52-28-11-17-35-61(52)70-59-33-15-9-26-50(59)51-27-10-16-34-60(51)70)66(65(54)53-29-6-5-22-46(44)53)72-63-40-37-42(41-64(63)71-62-36-18-12-30-56(62)68-67(71)72)69-57-31-13-7-24-48(57)49-25-8-14-32-58(49)69/h1-41H. The monoisotopic (exact) mass is 915 g/mol. The summed E-state index contributed by atoms with van der Waals surface area (Å²) < 4.78 is 9.75. The number of hydrogen-bond donors (Lipinski definition) is 0. The lowest BCUT2D eigenvalue weighted by Gasteiger charge is -2.27. The van der Waals surface area contributed by atoms with Crippen molar-refractivity contribution in [1.29, 1.82) is 0 Å². The first-order valence-electron chi connectivity index (χ1n) is 24.7. The number of rotatable bonds is 4. The summed E-state index contributed by atoms with van der Waals surface area (Å²) in [5, 5.41) is 4.93. The maximum atomic E-state index is 5.65. The molecule has 0 saturated heterocycles. The Morgan fingerprint density at radius 1 is 0.264 bits per heavy atom. The lowest BCUT2D eigenvalue weighted by molar-refractivity contribution is 1.11. The highest BCUT2D eigenvalue weighted by Crippen LogP contribution is 2.53. The van der Waals surface area contributed by atoms with Gasteiger partial charge in [-0.25, -0.2) is 4.98 Å². The Kier molecular flexibility index (Phi) is 8.10. The van der Waals surface area contributed by atoms with E-state index in [1.807, 2.05) is 0 Å². The first-order chi connectivity index (χ1) is 35.8. The molecule has 0 atom stereocenters. The minimum Gasteiger partial charge on any atom is -0.309 e. The molecule has 0 unspecified atom stereocenters. The Balaban J connectivity index is 1.09. The van der Waals surface area contributed by atoms with Crippen LogP contribution in [0.1, 0.15) is 0 Å². The van der Waals surface area contributed by atoms with E-state index in [0.717, 1.165) is 61.6 Å². The van der Waals surface area contributed by atoms with E-state index in [9.17, 15) is 0 Å². The lowest BCUT2D eigenvalue weighted by Crippen LogP contribution is -2.07. The van der Waals surface area contributed by atoms with Gasteiger partial charge in [-0.2, -0.15) is 0 Å². The number of imidazole rings is 2. The second kappa shape index (κ2) is 14.9. The maximum absolute atomic E-state index is 5.65. The Labute approximate surface area is 414 Å². The van der Waals surface area contributed by atoms with Crippen LogP contribution in [0.15, 0.2) is 249 Å². The molecule has 72 heavy (non-hydrogen) atoms. The molecule has 0 spiro atoms. The predicted octanol–water partition coefficient (Wildman–Crippen LogP) is 17.3. The van der Waals surface area contributed by atoms with Gasteiger partial charge in [0.15, 0.2) is 0 Å². The third-order valence-electron chi connectivity index (χ3n) is 15.4. The van der Waals surface area contributed by atoms with Crippen molar-refractivity contribution in [1.82, 2.24) is 23.1 Å². The number of para-hydroxylation sites is 7. The molecule has 0 amide bonds. The Bertz CT molecular complexity index is 4650. The number of fused-ring (bicyclic) bond motifs is 19. The molecule has 1 aliphatic carbocycles. The summed E-state index contributed by atoms with van der Waals surface area (Å²) in [6.07, 6.45) is 0. The lowest BCUT2D eigenvalue weighted by atomic mass is 9.79.